The maximum Gasteiger partial charge on any atom is 0.127 e. The van der Waals surface area contributed by atoms with E-state index in [4.69, 9.17) is 5.73 Å². The molecule has 1 unspecified atom stereocenters. The zero-order valence-electron chi connectivity index (χ0n) is 7.12. The third kappa shape index (κ3) is 0.914. The molecule has 66 valence electrons. The Balaban J connectivity index is 2.54. The molecule has 0 amide bonds. The standard InChI is InChI=1S/C8H13N3O/c1-11-8(9)7-5(10-11)3-2-4-6(7)12/h6,12H,2-4,9H2,1H3. The Kier molecular flexibility index (Phi) is 1.58. The fraction of sp³-hybridized carbons (Fsp3) is 0.625. The van der Waals surface area contributed by atoms with Crippen LogP contribution in [0, 0.1) is 0 Å². The van der Waals surface area contributed by atoms with Gasteiger partial charge in [0.05, 0.1) is 11.8 Å². The van der Waals surface area contributed by atoms with E-state index in [-0.39, 0.29) is 0 Å². The Bertz CT molecular complexity index is 305. The van der Waals surface area contributed by atoms with E-state index < -0.39 is 6.10 Å². The number of anilines is 1. The molecule has 0 bridgehead atoms. The normalized spacial score (nSPS) is 22.3. The number of aliphatic hydroxyl groups excluding tert-OH is 1. The van der Waals surface area contributed by atoms with Crippen molar-refractivity contribution in [3.05, 3.63) is 11.3 Å². The van der Waals surface area contributed by atoms with Crippen LogP contribution in [0.15, 0.2) is 0 Å². The number of nitrogen functional groups attached to an aromatic ring is 1. The lowest BCUT2D eigenvalue weighted by atomic mass is 9.95. The summed E-state index contributed by atoms with van der Waals surface area (Å²) < 4.78 is 1.64. The largest absolute Gasteiger partial charge is 0.388 e. The van der Waals surface area contributed by atoms with Crippen molar-refractivity contribution in [2.45, 2.75) is 25.4 Å². The van der Waals surface area contributed by atoms with Crippen LogP contribution in [-0.4, -0.2) is 14.9 Å². The topological polar surface area (TPSA) is 64.1 Å². The van der Waals surface area contributed by atoms with E-state index >= 15 is 0 Å². The van der Waals surface area contributed by atoms with Crippen LogP contribution >= 0.6 is 0 Å². The van der Waals surface area contributed by atoms with Crippen molar-refractivity contribution in [2.75, 3.05) is 5.73 Å². The molecule has 1 atom stereocenters. The molecule has 2 rings (SSSR count). The van der Waals surface area contributed by atoms with Gasteiger partial charge in [0.1, 0.15) is 5.82 Å². The molecule has 1 aliphatic rings. The van der Waals surface area contributed by atoms with Gasteiger partial charge in [0.15, 0.2) is 0 Å². The van der Waals surface area contributed by atoms with Crippen LogP contribution in [0.2, 0.25) is 0 Å². The molecule has 1 aromatic heterocycles. The Morgan fingerprint density at radius 2 is 2.42 bits per heavy atom. The smallest absolute Gasteiger partial charge is 0.127 e. The van der Waals surface area contributed by atoms with Crippen LogP contribution in [0.1, 0.15) is 30.2 Å². The molecule has 0 saturated carbocycles. The van der Waals surface area contributed by atoms with Crippen LogP contribution in [-0.2, 0) is 13.5 Å². The van der Waals surface area contributed by atoms with Gasteiger partial charge in [-0.2, -0.15) is 5.10 Å². The highest BCUT2D eigenvalue weighted by Crippen LogP contribution is 2.32. The third-order valence-corrected chi connectivity index (χ3v) is 2.43. The van der Waals surface area contributed by atoms with Gasteiger partial charge in [-0.25, -0.2) is 0 Å². The summed E-state index contributed by atoms with van der Waals surface area (Å²) in [5.41, 5.74) is 7.57. The molecule has 0 aliphatic heterocycles. The molecule has 4 nitrogen and oxygen atoms in total. The lowest BCUT2D eigenvalue weighted by Gasteiger charge is -2.16. The molecule has 0 spiro atoms. The van der Waals surface area contributed by atoms with Gasteiger partial charge in [0, 0.05) is 12.6 Å². The number of aryl methyl sites for hydroxylation is 2. The van der Waals surface area contributed by atoms with E-state index in [1.807, 2.05) is 0 Å². The first-order chi connectivity index (χ1) is 5.70. The second-order valence-corrected chi connectivity index (χ2v) is 3.28. The van der Waals surface area contributed by atoms with Crippen molar-refractivity contribution in [1.82, 2.24) is 9.78 Å². The molecule has 3 N–H and O–H groups in total. The zero-order chi connectivity index (χ0) is 8.72. The summed E-state index contributed by atoms with van der Waals surface area (Å²) in [6.45, 7) is 0. The first-order valence-corrected chi connectivity index (χ1v) is 4.19. The molecular formula is C8H13N3O. The number of aliphatic hydroxyl groups is 1. The van der Waals surface area contributed by atoms with E-state index in [9.17, 15) is 5.11 Å². The Hall–Kier alpha value is -1.03. The van der Waals surface area contributed by atoms with Crippen molar-refractivity contribution >= 4 is 5.82 Å². The van der Waals surface area contributed by atoms with Crippen LogP contribution in [0.3, 0.4) is 0 Å². The summed E-state index contributed by atoms with van der Waals surface area (Å²) in [6, 6.07) is 0. The second-order valence-electron chi connectivity index (χ2n) is 3.28. The highest BCUT2D eigenvalue weighted by Gasteiger charge is 2.24. The van der Waals surface area contributed by atoms with Crippen molar-refractivity contribution in [2.24, 2.45) is 7.05 Å². The molecule has 12 heavy (non-hydrogen) atoms. The minimum atomic E-state index is -0.401. The fourth-order valence-electron chi connectivity index (χ4n) is 1.77. The predicted molar refractivity (Wildman–Crippen MR) is 45.5 cm³/mol. The van der Waals surface area contributed by atoms with E-state index in [2.05, 4.69) is 5.10 Å². The van der Waals surface area contributed by atoms with Gasteiger partial charge in [-0.3, -0.25) is 4.68 Å². The Morgan fingerprint density at radius 1 is 1.67 bits per heavy atom. The summed E-state index contributed by atoms with van der Waals surface area (Å²) >= 11 is 0. The summed E-state index contributed by atoms with van der Waals surface area (Å²) in [5, 5.41) is 13.9. The summed E-state index contributed by atoms with van der Waals surface area (Å²) in [6.07, 6.45) is 2.35. The first kappa shape index (κ1) is 7.61. The van der Waals surface area contributed by atoms with Gasteiger partial charge < -0.3 is 10.8 Å². The van der Waals surface area contributed by atoms with Crippen molar-refractivity contribution in [3.63, 3.8) is 0 Å². The van der Waals surface area contributed by atoms with Crippen LogP contribution in [0.25, 0.3) is 0 Å². The van der Waals surface area contributed by atoms with E-state index in [1.54, 1.807) is 11.7 Å². The molecule has 0 saturated heterocycles. The molecule has 1 heterocycles. The molecule has 0 radical (unpaired) electrons. The highest BCUT2D eigenvalue weighted by atomic mass is 16.3. The fourth-order valence-corrected chi connectivity index (χ4v) is 1.77. The van der Waals surface area contributed by atoms with Gasteiger partial charge in [-0.1, -0.05) is 0 Å². The maximum absolute atomic E-state index is 9.62. The summed E-state index contributed by atoms with van der Waals surface area (Å²) in [4.78, 5) is 0. The molecule has 0 aromatic carbocycles. The van der Waals surface area contributed by atoms with Crippen LogP contribution < -0.4 is 5.73 Å². The third-order valence-electron chi connectivity index (χ3n) is 2.43. The number of fused-ring (bicyclic) bond motifs is 1. The lowest BCUT2D eigenvalue weighted by molar-refractivity contribution is 0.157. The summed E-state index contributed by atoms with van der Waals surface area (Å²) in [5.74, 6) is 0.609. The number of aromatic nitrogens is 2. The van der Waals surface area contributed by atoms with Gasteiger partial charge in [0.2, 0.25) is 0 Å². The molecule has 4 heteroatoms. The minimum absolute atomic E-state index is 0.401. The Labute approximate surface area is 71.0 Å². The number of hydrogen-bond acceptors (Lipinski definition) is 3. The van der Waals surface area contributed by atoms with E-state index in [0.717, 1.165) is 30.5 Å². The second kappa shape index (κ2) is 2.48. The molecule has 0 fully saturated rings. The predicted octanol–water partition coefficient (Wildman–Crippen LogP) is 0.372. The average molecular weight is 167 g/mol. The SMILES string of the molecule is Cn1nc2c(c1N)C(O)CCC2. The minimum Gasteiger partial charge on any atom is -0.388 e. The van der Waals surface area contributed by atoms with Crippen molar-refractivity contribution in [1.29, 1.82) is 0 Å². The van der Waals surface area contributed by atoms with Crippen molar-refractivity contribution < 1.29 is 5.11 Å². The highest BCUT2D eigenvalue weighted by molar-refractivity contribution is 5.45. The van der Waals surface area contributed by atoms with Gasteiger partial charge in [-0.05, 0) is 19.3 Å². The number of hydrogen-bond donors (Lipinski definition) is 2. The molecule has 1 aliphatic carbocycles. The van der Waals surface area contributed by atoms with Gasteiger partial charge in [-0.15, -0.1) is 0 Å². The van der Waals surface area contributed by atoms with Gasteiger partial charge in [0.25, 0.3) is 0 Å². The van der Waals surface area contributed by atoms with Crippen LogP contribution in [0.4, 0.5) is 5.82 Å². The van der Waals surface area contributed by atoms with Gasteiger partial charge >= 0.3 is 0 Å². The lowest BCUT2D eigenvalue weighted by Crippen LogP contribution is -2.09. The number of rotatable bonds is 0. The first-order valence-electron chi connectivity index (χ1n) is 4.19. The van der Waals surface area contributed by atoms with E-state index in [0.29, 0.717) is 5.82 Å². The zero-order valence-corrected chi connectivity index (χ0v) is 7.12. The molecular weight excluding hydrogens is 154 g/mol. The van der Waals surface area contributed by atoms with Crippen molar-refractivity contribution in [3.8, 4) is 0 Å². The maximum atomic E-state index is 9.62. The number of nitrogens with two attached hydrogens (primary N) is 1. The monoisotopic (exact) mass is 167 g/mol. The average Bonchev–Trinajstić information content (AvgIpc) is 2.29. The Morgan fingerprint density at radius 3 is 3.08 bits per heavy atom. The summed E-state index contributed by atoms with van der Waals surface area (Å²) in [7, 11) is 1.81. The number of nitrogens with zero attached hydrogens (tertiary/aromatic N) is 2. The quantitative estimate of drug-likeness (QED) is 0.587. The van der Waals surface area contributed by atoms with E-state index in [1.165, 1.54) is 0 Å². The van der Waals surface area contributed by atoms with Crippen LogP contribution in [0.5, 0.6) is 0 Å². The molecule has 1 aromatic rings.